The van der Waals surface area contributed by atoms with E-state index >= 15 is 4.39 Å². The number of methoxy groups -OCH3 is 1. The predicted molar refractivity (Wildman–Crippen MR) is 162 cm³/mol. The van der Waals surface area contributed by atoms with Crippen LogP contribution in [0.15, 0.2) is 66.7 Å². The zero-order chi connectivity index (χ0) is 29.9. The molecule has 0 aromatic heterocycles. The maximum absolute atomic E-state index is 15.5. The SMILES string of the molecule is CC.COC(=O)/C=C/c1cccc(N(C(=O)C2CCCCC2)C(O)c2ccc(-c3ccc(N)c(C=N)c3)cc2F)c1. The van der Waals surface area contributed by atoms with Crippen molar-refractivity contribution in [1.82, 2.24) is 0 Å². The summed E-state index contributed by atoms with van der Waals surface area (Å²) in [6.45, 7) is 4.00. The van der Waals surface area contributed by atoms with Crippen LogP contribution in [0, 0.1) is 17.1 Å². The van der Waals surface area contributed by atoms with Crippen LogP contribution in [0.4, 0.5) is 15.8 Å². The van der Waals surface area contributed by atoms with E-state index in [4.69, 9.17) is 11.1 Å². The summed E-state index contributed by atoms with van der Waals surface area (Å²) in [5.74, 6) is -1.74. The highest BCUT2D eigenvalue weighted by molar-refractivity contribution is 5.96. The van der Waals surface area contributed by atoms with Crippen LogP contribution >= 0.6 is 0 Å². The highest BCUT2D eigenvalue weighted by Crippen LogP contribution is 2.35. The van der Waals surface area contributed by atoms with Crippen LogP contribution in [0.2, 0.25) is 0 Å². The van der Waals surface area contributed by atoms with Gasteiger partial charge in [-0.25, -0.2) is 9.18 Å². The maximum atomic E-state index is 15.5. The molecule has 4 N–H and O–H groups in total. The van der Waals surface area contributed by atoms with Gasteiger partial charge in [-0.2, -0.15) is 0 Å². The fourth-order valence-corrected chi connectivity index (χ4v) is 4.88. The number of carbonyl (C=O) groups excluding carboxylic acids is 2. The Bertz CT molecular complexity index is 1400. The van der Waals surface area contributed by atoms with E-state index < -0.39 is 18.0 Å². The lowest BCUT2D eigenvalue weighted by Crippen LogP contribution is -2.40. The summed E-state index contributed by atoms with van der Waals surface area (Å²) in [6, 6.07) is 16.3. The van der Waals surface area contributed by atoms with Gasteiger partial charge in [-0.3, -0.25) is 9.69 Å². The fraction of sp³-hybridized carbons (Fsp3) is 0.303. The molecule has 1 unspecified atom stereocenters. The van der Waals surface area contributed by atoms with Gasteiger partial charge in [0.25, 0.3) is 0 Å². The average molecular weight is 560 g/mol. The van der Waals surface area contributed by atoms with Crippen molar-refractivity contribution in [2.45, 2.75) is 52.2 Å². The largest absolute Gasteiger partial charge is 0.466 e. The number of nitrogens with one attached hydrogen (secondary N) is 1. The number of carbonyl (C=O) groups is 2. The number of anilines is 2. The minimum atomic E-state index is -1.57. The number of ether oxygens (including phenoxy) is 1. The Labute approximate surface area is 241 Å². The molecule has 0 spiro atoms. The molecular formula is C33H38FN3O4. The van der Waals surface area contributed by atoms with Crippen molar-refractivity contribution in [3.63, 3.8) is 0 Å². The lowest BCUT2D eigenvalue weighted by Gasteiger charge is -2.33. The van der Waals surface area contributed by atoms with Gasteiger partial charge < -0.3 is 21.0 Å². The maximum Gasteiger partial charge on any atom is 0.330 e. The molecule has 0 bridgehead atoms. The van der Waals surface area contributed by atoms with Crippen LogP contribution in [-0.2, 0) is 14.3 Å². The van der Waals surface area contributed by atoms with Gasteiger partial charge in [-0.1, -0.05) is 63.4 Å². The number of hydrogen-bond acceptors (Lipinski definition) is 6. The second-order valence-corrected chi connectivity index (χ2v) is 9.59. The number of aliphatic hydroxyl groups excluding tert-OH is 1. The van der Waals surface area contributed by atoms with Gasteiger partial charge in [0, 0.05) is 40.7 Å². The summed E-state index contributed by atoms with van der Waals surface area (Å²) in [6.07, 6.45) is 6.69. The Balaban J connectivity index is 0.00000226. The van der Waals surface area contributed by atoms with Crippen molar-refractivity contribution in [3.8, 4) is 11.1 Å². The average Bonchev–Trinajstić information content (AvgIpc) is 3.01. The third-order valence-electron chi connectivity index (χ3n) is 7.05. The van der Waals surface area contributed by atoms with Crippen molar-refractivity contribution >= 4 is 35.5 Å². The molecule has 1 amide bonds. The van der Waals surface area contributed by atoms with E-state index in [0.717, 1.165) is 25.5 Å². The van der Waals surface area contributed by atoms with E-state index in [1.807, 2.05) is 13.8 Å². The second kappa shape index (κ2) is 14.9. The molecule has 216 valence electrons. The molecule has 0 heterocycles. The number of aliphatic hydroxyl groups is 1. The third-order valence-corrected chi connectivity index (χ3v) is 7.05. The normalized spacial score (nSPS) is 14.1. The summed E-state index contributed by atoms with van der Waals surface area (Å²) in [5, 5.41) is 19.0. The van der Waals surface area contributed by atoms with Crippen LogP contribution in [0.1, 0.15) is 68.9 Å². The number of rotatable bonds is 8. The number of halogens is 1. The molecule has 0 aliphatic heterocycles. The smallest absolute Gasteiger partial charge is 0.330 e. The summed E-state index contributed by atoms with van der Waals surface area (Å²) in [5.41, 5.74) is 9.03. The summed E-state index contributed by atoms with van der Waals surface area (Å²) < 4.78 is 20.2. The van der Waals surface area contributed by atoms with Gasteiger partial charge in [0.15, 0.2) is 6.23 Å². The molecule has 1 aliphatic carbocycles. The first-order valence-electron chi connectivity index (χ1n) is 13.9. The summed E-state index contributed by atoms with van der Waals surface area (Å²) in [7, 11) is 1.28. The van der Waals surface area contributed by atoms with E-state index in [-0.39, 0.29) is 17.4 Å². The van der Waals surface area contributed by atoms with E-state index in [1.165, 1.54) is 30.2 Å². The highest BCUT2D eigenvalue weighted by Gasteiger charge is 2.33. The van der Waals surface area contributed by atoms with Crippen molar-refractivity contribution < 1.29 is 23.8 Å². The monoisotopic (exact) mass is 559 g/mol. The van der Waals surface area contributed by atoms with Gasteiger partial charge in [0.05, 0.1) is 7.11 Å². The van der Waals surface area contributed by atoms with Crippen molar-refractivity contribution in [3.05, 3.63) is 89.2 Å². The quantitative estimate of drug-likeness (QED) is 0.0914. The molecule has 41 heavy (non-hydrogen) atoms. The van der Waals surface area contributed by atoms with Gasteiger partial charge in [-0.05, 0) is 65.9 Å². The van der Waals surface area contributed by atoms with Gasteiger partial charge in [-0.15, -0.1) is 0 Å². The number of hydrogen-bond donors (Lipinski definition) is 3. The number of nitrogens with two attached hydrogens (primary N) is 1. The lowest BCUT2D eigenvalue weighted by atomic mass is 9.88. The van der Waals surface area contributed by atoms with E-state index in [9.17, 15) is 14.7 Å². The predicted octanol–water partition coefficient (Wildman–Crippen LogP) is 6.89. The molecular weight excluding hydrogens is 521 g/mol. The molecule has 8 heteroatoms. The first-order chi connectivity index (χ1) is 19.8. The highest BCUT2D eigenvalue weighted by atomic mass is 19.1. The fourth-order valence-electron chi connectivity index (χ4n) is 4.88. The number of nitrogen functional groups attached to an aromatic ring is 1. The topological polar surface area (TPSA) is 117 Å². The van der Waals surface area contributed by atoms with Gasteiger partial charge >= 0.3 is 5.97 Å². The Kier molecular flexibility index (Phi) is 11.4. The Morgan fingerprint density at radius 2 is 1.73 bits per heavy atom. The molecule has 0 radical (unpaired) electrons. The molecule has 1 aliphatic rings. The molecule has 3 aromatic carbocycles. The van der Waals surface area contributed by atoms with Crippen LogP contribution < -0.4 is 10.6 Å². The van der Waals surface area contributed by atoms with Crippen LogP contribution in [0.5, 0.6) is 0 Å². The van der Waals surface area contributed by atoms with E-state index in [0.29, 0.717) is 46.5 Å². The zero-order valence-corrected chi connectivity index (χ0v) is 23.8. The molecule has 1 fully saturated rings. The van der Waals surface area contributed by atoms with Gasteiger partial charge in [0.1, 0.15) is 5.82 Å². The van der Waals surface area contributed by atoms with Crippen molar-refractivity contribution in [1.29, 1.82) is 5.41 Å². The number of nitrogens with zero attached hydrogens (tertiary/aromatic N) is 1. The molecule has 7 nitrogen and oxygen atoms in total. The van der Waals surface area contributed by atoms with Crippen molar-refractivity contribution in [2.24, 2.45) is 5.92 Å². The van der Waals surface area contributed by atoms with Crippen LogP contribution in [0.25, 0.3) is 17.2 Å². The number of benzene rings is 3. The van der Waals surface area contributed by atoms with E-state index in [1.54, 1.807) is 54.6 Å². The number of amides is 1. The molecule has 0 saturated heterocycles. The Morgan fingerprint density at radius 1 is 1.05 bits per heavy atom. The molecule has 4 rings (SSSR count). The first kappa shape index (κ1) is 31.2. The lowest BCUT2D eigenvalue weighted by molar-refractivity contribution is -0.134. The zero-order valence-electron chi connectivity index (χ0n) is 23.8. The minimum absolute atomic E-state index is 0.0406. The third kappa shape index (κ3) is 7.67. The summed E-state index contributed by atoms with van der Waals surface area (Å²) in [4.78, 5) is 26.6. The number of esters is 1. The van der Waals surface area contributed by atoms with Crippen LogP contribution in [0.3, 0.4) is 0 Å². The first-order valence-corrected chi connectivity index (χ1v) is 13.9. The molecule has 3 aromatic rings. The Morgan fingerprint density at radius 3 is 2.39 bits per heavy atom. The van der Waals surface area contributed by atoms with E-state index in [2.05, 4.69) is 4.74 Å². The summed E-state index contributed by atoms with van der Waals surface area (Å²) >= 11 is 0. The Hall–Kier alpha value is -4.30. The minimum Gasteiger partial charge on any atom is -0.466 e. The standard InChI is InChI=1S/C31H32FN3O4.C2H6/c1-39-29(36)15-10-20-6-5-9-25(16-20)35(30(37)21-7-3-2-4-8-21)31(38)26-13-11-23(18-27(26)32)22-12-14-28(34)24(17-22)19-33;1-2/h5-6,9-19,21,31,33,38H,2-4,7-8,34H2,1H3;1-2H3/b15-10+,33-19?;. The second-order valence-electron chi connectivity index (χ2n) is 9.59. The molecule has 1 saturated carbocycles. The van der Waals surface area contributed by atoms with Gasteiger partial charge in [0.2, 0.25) is 5.91 Å². The molecule has 1 atom stereocenters. The van der Waals surface area contributed by atoms with Crippen LogP contribution in [-0.4, -0.2) is 30.3 Å². The van der Waals surface area contributed by atoms with Crippen molar-refractivity contribution in [2.75, 3.05) is 17.7 Å².